The summed E-state index contributed by atoms with van der Waals surface area (Å²) in [6.45, 7) is 9.04. The number of ether oxygens (including phenoxy) is 1. The first kappa shape index (κ1) is 26.8. The Morgan fingerprint density at radius 2 is 1.90 bits per heavy atom. The van der Waals surface area contributed by atoms with Crippen LogP contribution in [-0.2, 0) is 16.0 Å². The minimum atomic E-state index is -0.359. The Bertz CT molecular complexity index is 1420. The molecular weight excluding hydrogens is 495 g/mol. The molecule has 8 heteroatoms. The van der Waals surface area contributed by atoms with Gasteiger partial charge in [0.1, 0.15) is 5.82 Å². The third-order valence-corrected chi connectivity index (χ3v) is 7.55. The van der Waals surface area contributed by atoms with E-state index in [1.54, 1.807) is 13.0 Å². The van der Waals surface area contributed by atoms with E-state index in [9.17, 15) is 14.0 Å². The van der Waals surface area contributed by atoms with Gasteiger partial charge >= 0.3 is 5.97 Å². The fraction of sp³-hybridized carbons (Fsp3) is 0.355. The zero-order chi connectivity index (χ0) is 27.5. The predicted molar refractivity (Wildman–Crippen MR) is 152 cm³/mol. The summed E-state index contributed by atoms with van der Waals surface area (Å²) in [6.07, 6.45) is 3.37. The molecule has 1 fully saturated rings. The third kappa shape index (κ3) is 5.67. The number of nitrogens with zero attached hydrogens (tertiary/aromatic N) is 2. The van der Waals surface area contributed by atoms with Crippen molar-refractivity contribution in [2.75, 3.05) is 51.7 Å². The maximum Gasteiger partial charge on any atom is 0.340 e. The molecule has 0 atom stereocenters. The number of nitrogens with one attached hydrogen (secondary N) is 2. The van der Waals surface area contributed by atoms with Gasteiger partial charge in [-0.3, -0.25) is 4.79 Å². The van der Waals surface area contributed by atoms with Gasteiger partial charge in [0.15, 0.2) is 0 Å². The quantitative estimate of drug-likeness (QED) is 0.317. The summed E-state index contributed by atoms with van der Waals surface area (Å²) < 4.78 is 19.5. The molecule has 1 saturated heterocycles. The number of anilines is 1. The van der Waals surface area contributed by atoms with Crippen LogP contribution in [0.15, 0.2) is 42.5 Å². The minimum Gasteiger partial charge on any atom is -0.462 e. The van der Waals surface area contributed by atoms with Crippen molar-refractivity contribution in [2.24, 2.45) is 0 Å². The van der Waals surface area contributed by atoms with Crippen molar-refractivity contribution in [3.05, 3.63) is 76.4 Å². The van der Waals surface area contributed by atoms with Crippen molar-refractivity contribution in [1.82, 2.24) is 14.8 Å². The largest absolute Gasteiger partial charge is 0.462 e. The molecule has 7 nitrogen and oxygen atoms in total. The Morgan fingerprint density at radius 3 is 2.64 bits per heavy atom. The van der Waals surface area contributed by atoms with Gasteiger partial charge in [-0.25, -0.2) is 9.18 Å². The van der Waals surface area contributed by atoms with Crippen molar-refractivity contribution in [1.29, 1.82) is 0 Å². The number of halogens is 1. The molecule has 0 spiro atoms. The molecule has 204 valence electrons. The number of rotatable bonds is 8. The topological polar surface area (TPSA) is 77.7 Å². The Kier molecular flexibility index (Phi) is 7.95. The van der Waals surface area contributed by atoms with Crippen LogP contribution in [0.25, 0.3) is 22.8 Å². The summed E-state index contributed by atoms with van der Waals surface area (Å²) in [5.41, 5.74) is 6.17. The first-order valence-electron chi connectivity index (χ1n) is 13.6. The van der Waals surface area contributed by atoms with Crippen LogP contribution in [0, 0.1) is 12.7 Å². The average molecular weight is 531 g/mol. The molecule has 3 heterocycles. The number of hydrogen-bond acceptors (Lipinski definition) is 5. The summed E-state index contributed by atoms with van der Waals surface area (Å²) >= 11 is 0. The second-order valence-corrected chi connectivity index (χ2v) is 10.2. The van der Waals surface area contributed by atoms with Crippen molar-refractivity contribution in [3.8, 4) is 11.1 Å². The van der Waals surface area contributed by atoms with Crippen molar-refractivity contribution < 1.29 is 18.7 Å². The second kappa shape index (κ2) is 11.6. The van der Waals surface area contributed by atoms with Crippen molar-refractivity contribution >= 4 is 29.2 Å². The molecule has 2 aromatic carbocycles. The number of hydrogen-bond donors (Lipinski definition) is 2. The lowest BCUT2D eigenvalue weighted by Crippen LogP contribution is -2.44. The summed E-state index contributed by atoms with van der Waals surface area (Å²) in [4.78, 5) is 34.3. The van der Waals surface area contributed by atoms with Crippen LogP contribution in [-0.4, -0.2) is 73.0 Å². The van der Waals surface area contributed by atoms with Crippen molar-refractivity contribution in [2.45, 2.75) is 26.7 Å². The normalized spacial score (nSPS) is 16.9. The lowest BCUT2D eigenvalue weighted by Gasteiger charge is -2.32. The number of likely N-dealkylation sites (N-methyl/N-ethyl adjacent to an activating group) is 1. The predicted octanol–water partition coefficient (Wildman–Crippen LogP) is 4.98. The number of carbonyl (C=O) groups excluding carboxylic acids is 2. The van der Waals surface area contributed by atoms with Crippen LogP contribution >= 0.6 is 0 Å². The summed E-state index contributed by atoms with van der Waals surface area (Å²) in [6, 6.07) is 12.0. The van der Waals surface area contributed by atoms with Crippen molar-refractivity contribution in [3.63, 3.8) is 0 Å². The Hall–Kier alpha value is -3.75. The second-order valence-electron chi connectivity index (χ2n) is 10.2. The first-order chi connectivity index (χ1) is 18.9. The smallest absolute Gasteiger partial charge is 0.340 e. The zero-order valence-corrected chi connectivity index (χ0v) is 22.8. The molecular formula is C31H35FN4O3. The molecule has 2 N–H and O–H groups in total. The van der Waals surface area contributed by atoms with E-state index in [2.05, 4.69) is 27.1 Å². The number of carbonyl (C=O) groups is 2. The van der Waals surface area contributed by atoms with Gasteiger partial charge in [0.05, 0.1) is 17.7 Å². The summed E-state index contributed by atoms with van der Waals surface area (Å²) in [5, 5.41) is 2.95. The number of amides is 1. The third-order valence-electron chi connectivity index (χ3n) is 7.55. The van der Waals surface area contributed by atoms with E-state index in [0.717, 1.165) is 61.5 Å². The molecule has 2 aliphatic rings. The van der Waals surface area contributed by atoms with Crippen LogP contribution in [0.3, 0.4) is 0 Å². The monoisotopic (exact) mass is 530 g/mol. The molecule has 0 radical (unpaired) electrons. The van der Waals surface area contributed by atoms with Gasteiger partial charge in [0.25, 0.3) is 5.91 Å². The number of fused-ring (bicyclic) bond motifs is 1. The van der Waals surface area contributed by atoms with E-state index < -0.39 is 0 Å². The molecule has 1 aromatic heterocycles. The number of aryl methyl sites for hydroxylation is 1. The number of H-pyrrole nitrogens is 1. The Morgan fingerprint density at radius 1 is 1.13 bits per heavy atom. The molecule has 0 bridgehead atoms. The molecule has 1 amide bonds. The number of aromatic amines is 1. The van der Waals surface area contributed by atoms with E-state index >= 15 is 0 Å². The lowest BCUT2D eigenvalue weighted by molar-refractivity contribution is -0.110. The van der Waals surface area contributed by atoms with Crippen LogP contribution in [0.5, 0.6) is 0 Å². The summed E-state index contributed by atoms with van der Waals surface area (Å²) in [7, 11) is 2.14. The first-order valence-corrected chi connectivity index (χ1v) is 13.6. The van der Waals surface area contributed by atoms with Gasteiger partial charge in [-0.2, -0.15) is 0 Å². The number of esters is 1. The van der Waals surface area contributed by atoms with E-state index in [1.165, 1.54) is 12.1 Å². The van der Waals surface area contributed by atoms with E-state index in [-0.39, 0.29) is 24.3 Å². The van der Waals surface area contributed by atoms with E-state index in [0.29, 0.717) is 34.5 Å². The standard InChI is InChI=1S/C31H35FN4O3/c1-4-39-31(38)28-20(2)33-27(24(28)11-7-13-36-16-14-35(3)15-17-36)19-25-29-23(21-8-5-9-22(32)18-21)10-6-12-26(29)34-30(25)37/h5-6,8-10,12,18-19,33H,4,7,11,13-17H2,1-3H3,(H,34,37)/b25-19-. The Balaban J connectivity index is 1.52. The molecule has 0 aliphatic carbocycles. The number of aromatic nitrogens is 1. The molecule has 0 saturated carbocycles. The molecule has 2 aliphatic heterocycles. The molecule has 5 rings (SSSR count). The van der Waals surface area contributed by atoms with E-state index in [4.69, 9.17) is 4.74 Å². The van der Waals surface area contributed by atoms with Gasteiger partial charge in [0, 0.05) is 48.8 Å². The maximum absolute atomic E-state index is 14.1. The fourth-order valence-electron chi connectivity index (χ4n) is 5.54. The van der Waals surface area contributed by atoms with Crippen LogP contribution in [0.1, 0.15) is 46.2 Å². The number of benzene rings is 2. The summed E-state index contributed by atoms with van der Waals surface area (Å²) in [5.74, 6) is -0.931. The highest BCUT2D eigenvalue weighted by molar-refractivity contribution is 6.36. The lowest BCUT2D eigenvalue weighted by atomic mass is 9.93. The number of piperazine rings is 1. The Labute approximate surface area is 228 Å². The molecule has 39 heavy (non-hydrogen) atoms. The van der Waals surface area contributed by atoms with Crippen LogP contribution in [0.2, 0.25) is 0 Å². The highest BCUT2D eigenvalue weighted by Crippen LogP contribution is 2.41. The van der Waals surface area contributed by atoms with Crippen LogP contribution < -0.4 is 5.32 Å². The van der Waals surface area contributed by atoms with E-state index in [1.807, 2.05) is 37.3 Å². The SMILES string of the molecule is CCOC(=O)c1c(C)[nH]c(/C=C2\C(=O)Nc3cccc(-c4cccc(F)c4)c32)c1CCCN1CCN(C)CC1. The molecule has 3 aromatic rings. The van der Waals surface area contributed by atoms with Crippen LogP contribution in [0.4, 0.5) is 10.1 Å². The maximum atomic E-state index is 14.1. The van der Waals surface area contributed by atoms with Gasteiger partial charge in [-0.1, -0.05) is 24.3 Å². The van der Waals surface area contributed by atoms with Gasteiger partial charge < -0.3 is 24.8 Å². The highest BCUT2D eigenvalue weighted by Gasteiger charge is 2.29. The fourth-order valence-corrected chi connectivity index (χ4v) is 5.54. The van der Waals surface area contributed by atoms with Gasteiger partial charge in [-0.15, -0.1) is 0 Å². The highest BCUT2D eigenvalue weighted by atomic mass is 19.1. The van der Waals surface area contributed by atoms with Gasteiger partial charge in [-0.05, 0) is 81.2 Å². The minimum absolute atomic E-state index is 0.234. The average Bonchev–Trinajstić information content (AvgIpc) is 3.40. The zero-order valence-electron chi connectivity index (χ0n) is 22.8. The van der Waals surface area contributed by atoms with Gasteiger partial charge in [0.2, 0.25) is 0 Å². The molecule has 0 unspecified atom stereocenters.